The predicted molar refractivity (Wildman–Crippen MR) is 118 cm³/mol. The molecule has 0 saturated heterocycles. The zero-order valence-corrected chi connectivity index (χ0v) is 18.9. The van der Waals surface area contributed by atoms with Gasteiger partial charge in [-0.2, -0.15) is 8.42 Å². The molecule has 162 valence electrons. The Balaban J connectivity index is 2.81. The van der Waals surface area contributed by atoms with Crippen LogP contribution in [0.25, 0.3) is 0 Å². The van der Waals surface area contributed by atoms with Gasteiger partial charge in [0.25, 0.3) is 10.1 Å². The van der Waals surface area contributed by atoms with Crippen molar-refractivity contribution in [3.8, 4) is 5.75 Å². The lowest BCUT2D eigenvalue weighted by Crippen LogP contribution is -2.23. The van der Waals surface area contributed by atoms with Crippen molar-refractivity contribution in [2.24, 2.45) is 0 Å². The van der Waals surface area contributed by atoms with Crippen molar-refractivity contribution in [3.63, 3.8) is 0 Å². The molecule has 0 aliphatic rings. The van der Waals surface area contributed by atoms with E-state index in [1.54, 1.807) is 6.92 Å². The fourth-order valence-corrected chi connectivity index (χ4v) is 4.27. The number of benzene rings is 1. The van der Waals surface area contributed by atoms with Crippen LogP contribution in [0.2, 0.25) is 0 Å². The molecule has 0 amide bonds. The fourth-order valence-electron chi connectivity index (χ4n) is 3.61. The summed E-state index contributed by atoms with van der Waals surface area (Å²) in [7, 11) is -4.04. The first-order valence-corrected chi connectivity index (χ1v) is 12.7. The van der Waals surface area contributed by atoms with Gasteiger partial charge in [-0.05, 0) is 49.8 Å². The SMILES string of the molecule is CCCCCCCc1cccc(OC(C)CS(=O)(=O)O)c1CCCCCCC. The number of unbranched alkanes of at least 4 members (excludes halogenated alkanes) is 8. The fraction of sp³-hybridized carbons (Fsp3) is 0.739. The maximum absolute atomic E-state index is 11.2. The number of hydrogen-bond donors (Lipinski definition) is 1. The van der Waals surface area contributed by atoms with Gasteiger partial charge in [0.1, 0.15) is 17.6 Å². The van der Waals surface area contributed by atoms with Gasteiger partial charge in [0.15, 0.2) is 0 Å². The molecule has 0 aliphatic carbocycles. The van der Waals surface area contributed by atoms with E-state index in [4.69, 9.17) is 9.29 Å². The molecule has 1 rings (SSSR count). The van der Waals surface area contributed by atoms with Gasteiger partial charge in [0, 0.05) is 0 Å². The highest BCUT2D eigenvalue weighted by atomic mass is 32.2. The third kappa shape index (κ3) is 11.1. The number of aryl methyl sites for hydroxylation is 1. The Hall–Kier alpha value is -1.07. The summed E-state index contributed by atoms with van der Waals surface area (Å²) >= 11 is 0. The number of hydrogen-bond acceptors (Lipinski definition) is 3. The molecular formula is C23H40O4S. The molecule has 1 N–H and O–H groups in total. The molecule has 28 heavy (non-hydrogen) atoms. The second-order valence-electron chi connectivity index (χ2n) is 7.90. The second kappa shape index (κ2) is 14.0. The molecule has 5 heteroatoms. The molecule has 0 heterocycles. The van der Waals surface area contributed by atoms with Gasteiger partial charge < -0.3 is 4.74 Å². The van der Waals surface area contributed by atoms with Crippen LogP contribution in [0.15, 0.2) is 18.2 Å². The van der Waals surface area contributed by atoms with E-state index < -0.39 is 16.2 Å². The van der Waals surface area contributed by atoms with E-state index in [0.717, 1.165) is 25.0 Å². The van der Waals surface area contributed by atoms with Gasteiger partial charge in [-0.25, -0.2) is 0 Å². The van der Waals surface area contributed by atoms with Crippen LogP contribution in [0.3, 0.4) is 0 Å². The van der Waals surface area contributed by atoms with Gasteiger partial charge in [0.2, 0.25) is 0 Å². The lowest BCUT2D eigenvalue weighted by Gasteiger charge is -2.19. The van der Waals surface area contributed by atoms with Crippen molar-refractivity contribution in [1.29, 1.82) is 0 Å². The predicted octanol–water partition coefficient (Wildman–Crippen LogP) is 6.37. The Morgan fingerprint density at radius 3 is 2.04 bits per heavy atom. The van der Waals surface area contributed by atoms with Crippen LogP contribution in [-0.4, -0.2) is 24.8 Å². The van der Waals surface area contributed by atoms with Crippen LogP contribution in [0.4, 0.5) is 0 Å². The summed E-state index contributed by atoms with van der Waals surface area (Å²) in [5.74, 6) is 0.391. The summed E-state index contributed by atoms with van der Waals surface area (Å²) in [6.45, 7) is 6.14. The Morgan fingerprint density at radius 2 is 1.46 bits per heavy atom. The molecule has 0 aromatic heterocycles. The number of rotatable bonds is 16. The minimum Gasteiger partial charge on any atom is -0.489 e. The molecule has 1 aromatic carbocycles. The van der Waals surface area contributed by atoms with Crippen LogP contribution in [-0.2, 0) is 23.0 Å². The van der Waals surface area contributed by atoms with E-state index in [1.807, 2.05) is 12.1 Å². The van der Waals surface area contributed by atoms with Crippen molar-refractivity contribution in [2.45, 2.75) is 104 Å². The minimum absolute atomic E-state index is 0.385. The van der Waals surface area contributed by atoms with E-state index in [0.29, 0.717) is 0 Å². The molecule has 1 atom stereocenters. The highest BCUT2D eigenvalue weighted by Crippen LogP contribution is 2.28. The van der Waals surface area contributed by atoms with E-state index in [9.17, 15) is 8.42 Å². The molecule has 0 bridgehead atoms. The van der Waals surface area contributed by atoms with Gasteiger partial charge in [-0.3, -0.25) is 4.55 Å². The summed E-state index contributed by atoms with van der Waals surface area (Å²) in [4.78, 5) is 0. The Labute approximate surface area is 172 Å². The summed E-state index contributed by atoms with van der Waals surface area (Å²) < 4.78 is 37.4. The van der Waals surface area contributed by atoms with Crippen molar-refractivity contribution in [1.82, 2.24) is 0 Å². The maximum atomic E-state index is 11.2. The Kier molecular flexibility index (Phi) is 12.5. The van der Waals surface area contributed by atoms with Crippen molar-refractivity contribution in [2.75, 3.05) is 5.75 Å². The summed E-state index contributed by atoms with van der Waals surface area (Å²) in [5, 5.41) is 0. The van der Waals surface area contributed by atoms with Crippen molar-refractivity contribution < 1.29 is 17.7 Å². The average molecular weight is 413 g/mol. The standard InChI is InChI=1S/C23H40O4S/c1-4-6-8-10-12-15-21-16-14-18-23(27-20(3)19-28(24,25)26)22(21)17-13-11-9-7-5-2/h14,16,18,20H,4-13,15,17,19H2,1-3H3,(H,24,25,26). The highest BCUT2D eigenvalue weighted by Gasteiger charge is 2.17. The van der Waals surface area contributed by atoms with Crippen molar-refractivity contribution >= 4 is 10.1 Å². The van der Waals surface area contributed by atoms with Crippen molar-refractivity contribution in [3.05, 3.63) is 29.3 Å². The minimum atomic E-state index is -4.04. The maximum Gasteiger partial charge on any atom is 0.268 e. The first-order chi connectivity index (χ1) is 13.4. The molecule has 0 spiro atoms. The molecule has 0 saturated carbocycles. The largest absolute Gasteiger partial charge is 0.489 e. The van der Waals surface area contributed by atoms with Gasteiger partial charge in [-0.15, -0.1) is 0 Å². The second-order valence-corrected chi connectivity index (χ2v) is 9.40. The molecule has 0 radical (unpaired) electrons. The highest BCUT2D eigenvalue weighted by molar-refractivity contribution is 7.85. The summed E-state index contributed by atoms with van der Waals surface area (Å²) in [6, 6.07) is 6.11. The zero-order chi connectivity index (χ0) is 20.8. The quantitative estimate of drug-likeness (QED) is 0.253. The molecule has 1 unspecified atom stereocenters. The molecular weight excluding hydrogens is 372 g/mol. The van der Waals surface area contributed by atoms with E-state index in [-0.39, 0.29) is 5.75 Å². The molecule has 4 nitrogen and oxygen atoms in total. The van der Waals surface area contributed by atoms with Gasteiger partial charge in [-0.1, -0.05) is 77.3 Å². The van der Waals surface area contributed by atoms with E-state index in [1.165, 1.54) is 68.9 Å². The smallest absolute Gasteiger partial charge is 0.268 e. The molecule has 0 fully saturated rings. The van der Waals surface area contributed by atoms with Gasteiger partial charge in [0.05, 0.1) is 0 Å². The molecule has 0 aliphatic heterocycles. The summed E-state index contributed by atoms with van der Waals surface area (Å²) in [6.07, 6.45) is 13.8. The third-order valence-corrected chi connectivity index (χ3v) is 5.97. The monoisotopic (exact) mass is 412 g/mol. The summed E-state index contributed by atoms with van der Waals surface area (Å²) in [5.41, 5.74) is 2.54. The van der Waals surface area contributed by atoms with Crippen LogP contribution in [0, 0.1) is 0 Å². The van der Waals surface area contributed by atoms with Crippen LogP contribution in [0.1, 0.15) is 96.1 Å². The van der Waals surface area contributed by atoms with Crippen LogP contribution < -0.4 is 4.74 Å². The normalized spacial score (nSPS) is 12.9. The lowest BCUT2D eigenvalue weighted by atomic mass is 9.95. The Bertz CT molecular complexity index is 640. The van der Waals surface area contributed by atoms with Crippen LogP contribution in [0.5, 0.6) is 5.75 Å². The first kappa shape index (κ1) is 25.0. The first-order valence-electron chi connectivity index (χ1n) is 11.1. The van der Waals surface area contributed by atoms with E-state index >= 15 is 0 Å². The number of ether oxygens (including phenoxy) is 1. The lowest BCUT2D eigenvalue weighted by molar-refractivity contribution is 0.238. The third-order valence-electron chi connectivity index (χ3n) is 5.08. The Morgan fingerprint density at radius 1 is 0.893 bits per heavy atom. The van der Waals surface area contributed by atoms with Gasteiger partial charge >= 0.3 is 0 Å². The topological polar surface area (TPSA) is 63.6 Å². The van der Waals surface area contributed by atoms with Crippen LogP contribution >= 0.6 is 0 Å². The zero-order valence-electron chi connectivity index (χ0n) is 18.1. The van der Waals surface area contributed by atoms with E-state index in [2.05, 4.69) is 19.9 Å². The molecule has 1 aromatic rings. The average Bonchev–Trinajstić information content (AvgIpc) is 2.61.